The smallest absolute Gasteiger partial charge is 0.339 e. The van der Waals surface area contributed by atoms with E-state index < -0.39 is 12.3 Å². The largest absolute Gasteiger partial charge is 0.507 e. The minimum atomic E-state index is -1.11. The number of rotatable bonds is 3. The number of hydrogen-bond acceptors (Lipinski definition) is 4. The van der Waals surface area contributed by atoms with Gasteiger partial charge in [-0.25, -0.2) is 4.79 Å². The molecular formula is C15H16O5. The molecular weight excluding hydrogens is 260 g/mol. The fourth-order valence-electron chi connectivity index (χ4n) is 1.35. The quantitative estimate of drug-likeness (QED) is 0.750. The number of carboxylic acid groups (broad SMARTS) is 1. The van der Waals surface area contributed by atoms with E-state index in [0.29, 0.717) is 5.75 Å². The predicted octanol–water partition coefficient (Wildman–Crippen LogP) is 2.49. The summed E-state index contributed by atoms with van der Waals surface area (Å²) >= 11 is 0. The van der Waals surface area contributed by atoms with Crippen molar-refractivity contribution >= 4 is 5.97 Å². The Balaban J connectivity index is 0.000000200. The second-order valence-corrected chi connectivity index (χ2v) is 3.85. The maximum Gasteiger partial charge on any atom is 0.339 e. The lowest BCUT2D eigenvalue weighted by molar-refractivity contribution is -0.000298. The molecule has 0 fully saturated rings. The van der Waals surface area contributed by atoms with Crippen molar-refractivity contribution in [3.05, 3.63) is 60.2 Å². The fourth-order valence-corrected chi connectivity index (χ4v) is 1.35. The molecule has 2 aromatic rings. The van der Waals surface area contributed by atoms with E-state index in [1.54, 1.807) is 31.2 Å². The van der Waals surface area contributed by atoms with Crippen molar-refractivity contribution in [1.29, 1.82) is 0 Å². The van der Waals surface area contributed by atoms with Gasteiger partial charge in [0.15, 0.2) is 6.29 Å². The molecule has 1 unspecified atom stereocenters. The SMILES string of the molecule is CC(O)Oc1ccccc1.O=C(O)c1ccccc1O. The third-order valence-electron chi connectivity index (χ3n) is 2.18. The average Bonchev–Trinajstić information content (AvgIpc) is 2.40. The van der Waals surface area contributed by atoms with Crippen LogP contribution in [0.2, 0.25) is 0 Å². The van der Waals surface area contributed by atoms with Gasteiger partial charge in [-0.1, -0.05) is 30.3 Å². The van der Waals surface area contributed by atoms with Gasteiger partial charge in [-0.2, -0.15) is 0 Å². The summed E-state index contributed by atoms with van der Waals surface area (Å²) in [5, 5.41) is 26.1. The number of carbonyl (C=O) groups is 1. The summed E-state index contributed by atoms with van der Waals surface area (Å²) in [4.78, 5) is 10.3. The van der Waals surface area contributed by atoms with E-state index in [9.17, 15) is 4.79 Å². The zero-order valence-electron chi connectivity index (χ0n) is 10.9. The highest BCUT2D eigenvalue weighted by Crippen LogP contribution is 2.14. The van der Waals surface area contributed by atoms with E-state index in [2.05, 4.69) is 0 Å². The van der Waals surface area contributed by atoms with Crippen LogP contribution in [0, 0.1) is 0 Å². The Bertz CT molecular complexity index is 537. The molecule has 0 aromatic heterocycles. The van der Waals surface area contributed by atoms with Crippen LogP contribution in [0.1, 0.15) is 17.3 Å². The molecule has 0 spiro atoms. The molecule has 0 aliphatic rings. The highest BCUT2D eigenvalue weighted by atomic mass is 16.6. The van der Waals surface area contributed by atoms with E-state index >= 15 is 0 Å². The normalized spacial score (nSPS) is 10.9. The van der Waals surface area contributed by atoms with E-state index in [4.69, 9.17) is 20.1 Å². The van der Waals surface area contributed by atoms with E-state index in [0.717, 1.165) is 0 Å². The van der Waals surface area contributed by atoms with Crippen LogP contribution in [0.25, 0.3) is 0 Å². The number of aromatic carboxylic acids is 1. The summed E-state index contributed by atoms with van der Waals surface area (Å²) in [6, 6.07) is 15.0. The minimum Gasteiger partial charge on any atom is -0.507 e. The third kappa shape index (κ3) is 5.41. The van der Waals surface area contributed by atoms with Crippen molar-refractivity contribution in [1.82, 2.24) is 0 Å². The Labute approximate surface area is 116 Å². The van der Waals surface area contributed by atoms with E-state index in [1.807, 2.05) is 18.2 Å². The molecule has 1 atom stereocenters. The van der Waals surface area contributed by atoms with Gasteiger partial charge in [-0.15, -0.1) is 0 Å². The third-order valence-corrected chi connectivity index (χ3v) is 2.18. The molecule has 0 radical (unpaired) electrons. The number of para-hydroxylation sites is 2. The van der Waals surface area contributed by atoms with Gasteiger partial charge < -0.3 is 20.1 Å². The molecule has 0 aliphatic carbocycles. The van der Waals surface area contributed by atoms with Gasteiger partial charge in [-0.05, 0) is 31.2 Å². The monoisotopic (exact) mass is 276 g/mol. The van der Waals surface area contributed by atoms with Crippen LogP contribution in [0.5, 0.6) is 11.5 Å². The number of phenols is 1. The molecule has 0 saturated heterocycles. The summed E-state index contributed by atoms with van der Waals surface area (Å²) in [5.41, 5.74) is -0.0671. The van der Waals surface area contributed by atoms with Crippen LogP contribution in [0.4, 0.5) is 0 Å². The predicted molar refractivity (Wildman–Crippen MR) is 73.8 cm³/mol. The zero-order valence-corrected chi connectivity index (χ0v) is 10.9. The molecule has 0 amide bonds. The topological polar surface area (TPSA) is 87.0 Å². The first-order valence-electron chi connectivity index (χ1n) is 5.91. The summed E-state index contributed by atoms with van der Waals surface area (Å²) in [7, 11) is 0. The van der Waals surface area contributed by atoms with Gasteiger partial charge in [0.1, 0.15) is 17.1 Å². The molecule has 0 saturated carbocycles. The summed E-state index contributed by atoms with van der Waals surface area (Å²) in [5.74, 6) is -0.620. The lowest BCUT2D eigenvalue weighted by atomic mass is 10.2. The van der Waals surface area contributed by atoms with Gasteiger partial charge in [0.2, 0.25) is 0 Å². The second kappa shape index (κ2) is 7.81. The van der Waals surface area contributed by atoms with Crippen LogP contribution < -0.4 is 4.74 Å². The highest BCUT2D eigenvalue weighted by Gasteiger charge is 2.05. The van der Waals surface area contributed by atoms with Gasteiger partial charge in [0, 0.05) is 0 Å². The van der Waals surface area contributed by atoms with Crippen LogP contribution in [-0.2, 0) is 0 Å². The number of carboxylic acids is 1. The van der Waals surface area contributed by atoms with Crippen LogP contribution in [-0.4, -0.2) is 27.6 Å². The first-order valence-corrected chi connectivity index (χ1v) is 5.91. The molecule has 0 bridgehead atoms. The Morgan fingerprint density at radius 3 is 2.05 bits per heavy atom. The minimum absolute atomic E-state index is 0.0671. The number of aliphatic hydroxyl groups is 1. The Kier molecular flexibility index (Phi) is 6.06. The van der Waals surface area contributed by atoms with Crippen molar-refractivity contribution in [3.63, 3.8) is 0 Å². The summed E-state index contributed by atoms with van der Waals surface area (Å²) < 4.78 is 4.97. The maximum atomic E-state index is 10.3. The first kappa shape index (κ1) is 15.5. The average molecular weight is 276 g/mol. The molecule has 2 rings (SSSR count). The molecule has 2 aromatic carbocycles. The number of aliphatic hydroxyl groups excluding tert-OH is 1. The molecule has 5 nitrogen and oxygen atoms in total. The van der Waals surface area contributed by atoms with Gasteiger partial charge in [0.25, 0.3) is 0 Å². The summed E-state index contributed by atoms with van der Waals surface area (Å²) in [6.07, 6.45) is -0.734. The van der Waals surface area contributed by atoms with Crippen LogP contribution in [0.15, 0.2) is 54.6 Å². The molecule has 5 heteroatoms. The van der Waals surface area contributed by atoms with Crippen LogP contribution >= 0.6 is 0 Å². The van der Waals surface area contributed by atoms with Crippen molar-refractivity contribution in [3.8, 4) is 11.5 Å². The lowest BCUT2D eigenvalue weighted by Gasteiger charge is -2.06. The standard InChI is InChI=1S/C8H10O2.C7H6O3/c1-7(9)10-8-5-3-2-4-6-8;8-6-4-2-1-3-5(6)7(9)10/h2-7,9H,1H3;1-4,8H,(H,9,10). The van der Waals surface area contributed by atoms with E-state index in [1.165, 1.54) is 12.1 Å². The van der Waals surface area contributed by atoms with Gasteiger partial charge in [-0.3, -0.25) is 0 Å². The van der Waals surface area contributed by atoms with Crippen molar-refractivity contribution < 1.29 is 24.9 Å². The molecule has 0 aliphatic heterocycles. The highest BCUT2D eigenvalue weighted by molar-refractivity contribution is 5.90. The second-order valence-electron chi connectivity index (χ2n) is 3.85. The number of aromatic hydroxyl groups is 1. The van der Waals surface area contributed by atoms with E-state index in [-0.39, 0.29) is 11.3 Å². The first-order chi connectivity index (χ1) is 9.50. The molecule has 20 heavy (non-hydrogen) atoms. The van der Waals surface area contributed by atoms with Crippen molar-refractivity contribution in [2.24, 2.45) is 0 Å². The van der Waals surface area contributed by atoms with Gasteiger partial charge in [0.05, 0.1) is 0 Å². The molecule has 3 N–H and O–H groups in total. The fraction of sp³-hybridized carbons (Fsp3) is 0.133. The van der Waals surface area contributed by atoms with Gasteiger partial charge >= 0.3 is 5.97 Å². The molecule has 106 valence electrons. The Morgan fingerprint density at radius 2 is 1.60 bits per heavy atom. The number of hydrogen-bond donors (Lipinski definition) is 3. The van der Waals surface area contributed by atoms with Crippen LogP contribution in [0.3, 0.4) is 0 Å². The Morgan fingerprint density at radius 1 is 1.05 bits per heavy atom. The number of ether oxygens (including phenoxy) is 1. The van der Waals surface area contributed by atoms with Crippen molar-refractivity contribution in [2.45, 2.75) is 13.2 Å². The zero-order chi connectivity index (χ0) is 15.0. The maximum absolute atomic E-state index is 10.3. The number of benzene rings is 2. The Hall–Kier alpha value is -2.53. The lowest BCUT2D eigenvalue weighted by Crippen LogP contribution is -2.08. The summed E-state index contributed by atoms with van der Waals surface area (Å²) in [6.45, 7) is 1.58. The molecule has 0 heterocycles. The van der Waals surface area contributed by atoms with Crippen molar-refractivity contribution in [2.75, 3.05) is 0 Å².